The number of benzene rings is 2. The summed E-state index contributed by atoms with van der Waals surface area (Å²) in [5, 5.41) is 0.652. The van der Waals surface area contributed by atoms with Gasteiger partial charge in [0.2, 0.25) is 0 Å². The van der Waals surface area contributed by atoms with Gasteiger partial charge >= 0.3 is 0 Å². The van der Waals surface area contributed by atoms with Crippen LogP contribution in [0.3, 0.4) is 0 Å². The lowest BCUT2D eigenvalue weighted by molar-refractivity contribution is 0.423. The quantitative estimate of drug-likeness (QED) is 0.571. The van der Waals surface area contributed by atoms with Gasteiger partial charge in [0, 0.05) is 5.39 Å². The highest BCUT2D eigenvalue weighted by Crippen LogP contribution is 2.27. The molecule has 3 rings (SSSR count). The minimum absolute atomic E-state index is 0.182. The van der Waals surface area contributed by atoms with E-state index in [4.69, 9.17) is 10.3 Å². The minimum Gasteiger partial charge on any atom is -0.456 e. The molecule has 0 spiro atoms. The number of hydrogen-bond acceptors (Lipinski definition) is 3. The number of nitrogens with one attached hydrogen (secondary N) is 1. The summed E-state index contributed by atoms with van der Waals surface area (Å²) >= 11 is 0. The number of rotatable bonds is 4. The number of hydrazine groups is 1. The van der Waals surface area contributed by atoms with Crippen LogP contribution in [0.25, 0.3) is 11.0 Å². The van der Waals surface area contributed by atoms with Gasteiger partial charge in [0.1, 0.15) is 11.6 Å². The Balaban J connectivity index is 1.95. The molecule has 5 heteroatoms. The molecule has 0 aliphatic carbocycles. The molecule has 3 aromatic rings. The van der Waals surface area contributed by atoms with Gasteiger partial charge in [0.15, 0.2) is 11.4 Å². The lowest BCUT2D eigenvalue weighted by Crippen LogP contribution is -2.29. The van der Waals surface area contributed by atoms with Crippen molar-refractivity contribution >= 4 is 11.0 Å². The van der Waals surface area contributed by atoms with Crippen molar-refractivity contribution in [3.63, 3.8) is 0 Å². The lowest BCUT2D eigenvalue weighted by atomic mass is 10.0. The Morgan fingerprint density at radius 1 is 1.05 bits per heavy atom. The van der Waals surface area contributed by atoms with Crippen molar-refractivity contribution in [2.45, 2.75) is 12.5 Å². The molecule has 1 unspecified atom stereocenters. The second-order valence-electron chi connectivity index (χ2n) is 4.82. The first-order chi connectivity index (χ1) is 10.2. The van der Waals surface area contributed by atoms with Crippen LogP contribution in [0.5, 0.6) is 0 Å². The number of para-hydroxylation sites is 1. The Bertz CT molecular complexity index is 770. The van der Waals surface area contributed by atoms with Crippen molar-refractivity contribution in [2.75, 3.05) is 0 Å². The second-order valence-corrected chi connectivity index (χ2v) is 4.82. The molecule has 1 heterocycles. The molecule has 0 saturated carbocycles. The first-order valence-corrected chi connectivity index (χ1v) is 6.56. The molecule has 0 bridgehead atoms. The third-order valence-corrected chi connectivity index (χ3v) is 3.44. The van der Waals surface area contributed by atoms with Crippen LogP contribution in [0.15, 0.2) is 52.9 Å². The molecule has 3 N–H and O–H groups in total. The first kappa shape index (κ1) is 13.7. The van der Waals surface area contributed by atoms with Crippen molar-refractivity contribution in [1.29, 1.82) is 0 Å². The van der Waals surface area contributed by atoms with Crippen LogP contribution in [-0.4, -0.2) is 0 Å². The van der Waals surface area contributed by atoms with Crippen LogP contribution >= 0.6 is 0 Å². The number of furan rings is 1. The molecule has 1 aromatic heterocycles. The summed E-state index contributed by atoms with van der Waals surface area (Å²) < 4.78 is 32.9. The Kier molecular flexibility index (Phi) is 3.68. The maximum atomic E-state index is 13.7. The van der Waals surface area contributed by atoms with E-state index in [0.717, 1.165) is 0 Å². The van der Waals surface area contributed by atoms with E-state index in [1.165, 1.54) is 12.1 Å². The van der Waals surface area contributed by atoms with Crippen molar-refractivity contribution < 1.29 is 13.2 Å². The van der Waals surface area contributed by atoms with E-state index in [1.54, 1.807) is 36.4 Å². The van der Waals surface area contributed by atoms with E-state index in [1.807, 2.05) is 0 Å². The SMILES string of the molecule is NNC(Cc1ccccc1F)c1cc2cccc(F)c2o1. The Morgan fingerprint density at radius 3 is 2.52 bits per heavy atom. The zero-order valence-electron chi connectivity index (χ0n) is 11.1. The van der Waals surface area contributed by atoms with Crippen LogP contribution in [0.1, 0.15) is 17.4 Å². The molecule has 0 aliphatic rings. The van der Waals surface area contributed by atoms with Crippen molar-refractivity contribution in [2.24, 2.45) is 5.84 Å². The molecular formula is C16H14F2N2O. The third-order valence-electron chi connectivity index (χ3n) is 3.44. The fourth-order valence-corrected chi connectivity index (χ4v) is 2.34. The average Bonchev–Trinajstić information content (AvgIpc) is 2.92. The van der Waals surface area contributed by atoms with Gasteiger partial charge in [0.25, 0.3) is 0 Å². The van der Waals surface area contributed by atoms with Crippen molar-refractivity contribution in [3.8, 4) is 0 Å². The Hall–Kier alpha value is -2.24. The molecule has 0 radical (unpaired) electrons. The van der Waals surface area contributed by atoms with Gasteiger partial charge in [-0.2, -0.15) is 0 Å². The van der Waals surface area contributed by atoms with Crippen LogP contribution in [0.4, 0.5) is 8.78 Å². The van der Waals surface area contributed by atoms with Gasteiger partial charge in [-0.25, -0.2) is 14.2 Å². The zero-order chi connectivity index (χ0) is 14.8. The molecule has 0 amide bonds. The summed E-state index contributed by atoms with van der Waals surface area (Å²) in [5.74, 6) is 5.27. The van der Waals surface area contributed by atoms with E-state index in [0.29, 0.717) is 23.1 Å². The summed E-state index contributed by atoms with van der Waals surface area (Å²) in [5.41, 5.74) is 3.29. The van der Waals surface area contributed by atoms with Gasteiger partial charge in [-0.15, -0.1) is 0 Å². The molecular weight excluding hydrogens is 274 g/mol. The number of halogens is 2. The van der Waals surface area contributed by atoms with E-state index < -0.39 is 11.9 Å². The van der Waals surface area contributed by atoms with E-state index >= 15 is 0 Å². The monoisotopic (exact) mass is 288 g/mol. The van der Waals surface area contributed by atoms with E-state index in [2.05, 4.69) is 5.43 Å². The number of nitrogens with two attached hydrogens (primary N) is 1. The summed E-state index contributed by atoms with van der Waals surface area (Å²) in [6.07, 6.45) is 0.310. The van der Waals surface area contributed by atoms with Gasteiger partial charge in [-0.05, 0) is 30.2 Å². The predicted molar refractivity (Wildman–Crippen MR) is 76.3 cm³/mol. The number of hydrogen-bond donors (Lipinski definition) is 2. The topological polar surface area (TPSA) is 51.2 Å². The van der Waals surface area contributed by atoms with Gasteiger partial charge in [-0.1, -0.05) is 30.3 Å². The van der Waals surface area contributed by atoms with E-state index in [-0.39, 0.29) is 11.4 Å². The first-order valence-electron chi connectivity index (χ1n) is 6.56. The molecule has 2 aromatic carbocycles. The highest BCUT2D eigenvalue weighted by Gasteiger charge is 2.18. The molecule has 1 atom stereocenters. The molecule has 0 aliphatic heterocycles. The fraction of sp³-hybridized carbons (Fsp3) is 0.125. The summed E-state index contributed by atoms with van der Waals surface area (Å²) in [7, 11) is 0. The van der Waals surface area contributed by atoms with E-state index in [9.17, 15) is 8.78 Å². The van der Waals surface area contributed by atoms with Crippen molar-refractivity contribution in [3.05, 3.63) is 71.5 Å². The number of fused-ring (bicyclic) bond motifs is 1. The summed E-state index contributed by atoms with van der Waals surface area (Å²) in [6.45, 7) is 0. The normalized spacial score (nSPS) is 12.7. The standard InChI is InChI=1S/C16H14F2N2O/c17-12-6-2-1-4-10(12)8-14(20-19)15-9-11-5-3-7-13(18)16(11)21-15/h1-7,9,14,20H,8,19H2. The predicted octanol–water partition coefficient (Wildman–Crippen LogP) is 3.46. The molecule has 21 heavy (non-hydrogen) atoms. The summed E-state index contributed by atoms with van der Waals surface area (Å²) in [6, 6.07) is 12.4. The average molecular weight is 288 g/mol. The lowest BCUT2D eigenvalue weighted by Gasteiger charge is -2.13. The fourth-order valence-electron chi connectivity index (χ4n) is 2.34. The highest BCUT2D eigenvalue weighted by atomic mass is 19.1. The Labute approximate surface area is 120 Å². The van der Waals surface area contributed by atoms with Crippen LogP contribution < -0.4 is 11.3 Å². The maximum absolute atomic E-state index is 13.7. The van der Waals surface area contributed by atoms with Crippen molar-refractivity contribution in [1.82, 2.24) is 5.43 Å². The molecule has 3 nitrogen and oxygen atoms in total. The second kappa shape index (κ2) is 5.63. The largest absolute Gasteiger partial charge is 0.456 e. The van der Waals surface area contributed by atoms with Gasteiger partial charge < -0.3 is 4.42 Å². The molecule has 0 saturated heterocycles. The van der Waals surface area contributed by atoms with Gasteiger partial charge in [0.05, 0.1) is 6.04 Å². The van der Waals surface area contributed by atoms with Crippen LogP contribution in [-0.2, 0) is 6.42 Å². The summed E-state index contributed by atoms with van der Waals surface area (Å²) in [4.78, 5) is 0. The minimum atomic E-state index is -0.436. The Morgan fingerprint density at radius 2 is 1.81 bits per heavy atom. The maximum Gasteiger partial charge on any atom is 0.169 e. The molecule has 108 valence electrons. The highest BCUT2D eigenvalue weighted by molar-refractivity contribution is 5.78. The zero-order valence-corrected chi connectivity index (χ0v) is 11.1. The van der Waals surface area contributed by atoms with Crippen LogP contribution in [0.2, 0.25) is 0 Å². The third kappa shape index (κ3) is 2.66. The van der Waals surface area contributed by atoms with Gasteiger partial charge in [-0.3, -0.25) is 5.84 Å². The smallest absolute Gasteiger partial charge is 0.169 e. The molecule has 0 fully saturated rings. The van der Waals surface area contributed by atoms with Crippen LogP contribution in [0, 0.1) is 11.6 Å².